The van der Waals surface area contributed by atoms with Crippen molar-refractivity contribution in [3.8, 4) is 0 Å². The Bertz CT molecular complexity index is 315. The van der Waals surface area contributed by atoms with Gasteiger partial charge in [-0.25, -0.2) is 0 Å². The van der Waals surface area contributed by atoms with Crippen LogP contribution in [0.2, 0.25) is 0 Å². The average Bonchev–Trinajstić information content (AvgIpc) is 2.10. The van der Waals surface area contributed by atoms with Gasteiger partial charge in [-0.05, 0) is 49.3 Å². The molecule has 1 heteroatoms. The lowest BCUT2D eigenvalue weighted by Crippen LogP contribution is -2.07. The molecule has 0 aliphatic rings. The summed E-state index contributed by atoms with van der Waals surface area (Å²) in [6.07, 6.45) is 2.08. The highest BCUT2D eigenvalue weighted by Gasteiger charge is 2.08. The van der Waals surface area contributed by atoms with Gasteiger partial charge in [-0.15, -0.1) is 11.6 Å². The zero-order valence-electron chi connectivity index (χ0n) is 10.2. The molecule has 0 amide bonds. The lowest BCUT2D eigenvalue weighted by molar-refractivity contribution is 0.561. The number of hydrogen-bond acceptors (Lipinski definition) is 0. The van der Waals surface area contributed by atoms with Crippen molar-refractivity contribution in [3.05, 3.63) is 34.9 Å². The van der Waals surface area contributed by atoms with Gasteiger partial charge in [0, 0.05) is 5.38 Å². The number of rotatable bonds is 4. The lowest BCUT2D eigenvalue weighted by atomic mass is 9.99. The van der Waals surface area contributed by atoms with Crippen LogP contribution in [0, 0.1) is 19.8 Å². The molecule has 0 saturated carbocycles. The van der Waals surface area contributed by atoms with E-state index >= 15 is 0 Å². The summed E-state index contributed by atoms with van der Waals surface area (Å²) in [6, 6.07) is 6.63. The summed E-state index contributed by atoms with van der Waals surface area (Å²) < 4.78 is 0. The van der Waals surface area contributed by atoms with Gasteiger partial charge in [0.2, 0.25) is 0 Å². The number of benzene rings is 1. The summed E-state index contributed by atoms with van der Waals surface area (Å²) in [7, 11) is 0. The highest BCUT2D eigenvalue weighted by molar-refractivity contribution is 6.20. The molecule has 0 radical (unpaired) electrons. The number of halogens is 1. The molecule has 1 atom stereocenters. The van der Waals surface area contributed by atoms with E-state index in [4.69, 9.17) is 11.6 Å². The Balaban J connectivity index is 2.60. The minimum atomic E-state index is 0.270. The van der Waals surface area contributed by atoms with Gasteiger partial charge in [0.15, 0.2) is 0 Å². The van der Waals surface area contributed by atoms with Gasteiger partial charge in [0.25, 0.3) is 0 Å². The van der Waals surface area contributed by atoms with Crippen LogP contribution in [-0.4, -0.2) is 5.38 Å². The lowest BCUT2D eigenvalue weighted by Gasteiger charge is -2.12. The average molecular weight is 225 g/mol. The van der Waals surface area contributed by atoms with Crippen LogP contribution in [0.3, 0.4) is 0 Å². The molecule has 84 valence electrons. The van der Waals surface area contributed by atoms with Crippen molar-refractivity contribution in [2.45, 2.75) is 45.9 Å². The molecule has 0 aromatic heterocycles. The van der Waals surface area contributed by atoms with Gasteiger partial charge >= 0.3 is 0 Å². The Labute approximate surface area is 98.7 Å². The molecule has 0 aliphatic carbocycles. The van der Waals surface area contributed by atoms with Crippen LogP contribution in [0.4, 0.5) is 0 Å². The Kier molecular flexibility index (Phi) is 4.66. The standard InChI is InChI=1S/C14H21Cl/c1-10(2)7-14(15)9-13-6-5-11(3)12(4)8-13/h5-6,8,10,14H,7,9H2,1-4H3. The van der Waals surface area contributed by atoms with E-state index in [1.807, 2.05) is 0 Å². The highest BCUT2D eigenvalue weighted by Crippen LogP contribution is 2.18. The molecule has 15 heavy (non-hydrogen) atoms. The van der Waals surface area contributed by atoms with Crippen LogP contribution in [-0.2, 0) is 6.42 Å². The molecule has 0 heterocycles. The molecule has 0 nitrogen and oxygen atoms in total. The largest absolute Gasteiger partial charge is 0.123 e. The first-order valence-electron chi connectivity index (χ1n) is 5.69. The topological polar surface area (TPSA) is 0 Å². The molecule has 1 rings (SSSR count). The zero-order valence-corrected chi connectivity index (χ0v) is 10.9. The van der Waals surface area contributed by atoms with E-state index in [1.165, 1.54) is 16.7 Å². The van der Waals surface area contributed by atoms with Crippen molar-refractivity contribution in [1.29, 1.82) is 0 Å². The molecule has 0 fully saturated rings. The third-order valence-electron chi connectivity index (χ3n) is 2.76. The quantitative estimate of drug-likeness (QED) is 0.661. The van der Waals surface area contributed by atoms with E-state index < -0.39 is 0 Å². The maximum absolute atomic E-state index is 6.30. The monoisotopic (exact) mass is 224 g/mol. The van der Waals surface area contributed by atoms with Crippen molar-refractivity contribution < 1.29 is 0 Å². The second-order valence-electron chi connectivity index (χ2n) is 4.85. The minimum Gasteiger partial charge on any atom is -0.123 e. The Morgan fingerprint density at radius 1 is 1.13 bits per heavy atom. The first-order valence-corrected chi connectivity index (χ1v) is 6.13. The van der Waals surface area contributed by atoms with E-state index in [-0.39, 0.29) is 5.38 Å². The van der Waals surface area contributed by atoms with E-state index in [2.05, 4.69) is 45.9 Å². The van der Waals surface area contributed by atoms with Crippen LogP contribution >= 0.6 is 11.6 Å². The fraction of sp³-hybridized carbons (Fsp3) is 0.571. The smallest absolute Gasteiger partial charge is 0.0378 e. The molecule has 1 aromatic carbocycles. The Morgan fingerprint density at radius 3 is 2.33 bits per heavy atom. The molecule has 0 spiro atoms. The van der Waals surface area contributed by atoms with E-state index in [0.29, 0.717) is 5.92 Å². The second kappa shape index (κ2) is 5.55. The van der Waals surface area contributed by atoms with Crippen LogP contribution < -0.4 is 0 Å². The molecular weight excluding hydrogens is 204 g/mol. The first kappa shape index (κ1) is 12.6. The second-order valence-corrected chi connectivity index (χ2v) is 5.47. The van der Waals surface area contributed by atoms with E-state index in [0.717, 1.165) is 12.8 Å². The van der Waals surface area contributed by atoms with Crippen LogP contribution in [0.15, 0.2) is 18.2 Å². The maximum Gasteiger partial charge on any atom is 0.0378 e. The first-order chi connectivity index (χ1) is 6.99. The fourth-order valence-electron chi connectivity index (χ4n) is 1.78. The van der Waals surface area contributed by atoms with Crippen LogP contribution in [0.5, 0.6) is 0 Å². The SMILES string of the molecule is Cc1ccc(CC(Cl)CC(C)C)cc1C. The predicted octanol–water partition coefficient (Wildman–Crippen LogP) is 4.50. The third kappa shape index (κ3) is 4.25. The summed E-state index contributed by atoms with van der Waals surface area (Å²) >= 11 is 6.30. The molecule has 0 saturated heterocycles. The molecular formula is C14H21Cl. The van der Waals surface area contributed by atoms with Gasteiger partial charge in [-0.2, -0.15) is 0 Å². The summed E-state index contributed by atoms with van der Waals surface area (Å²) in [6.45, 7) is 8.74. The maximum atomic E-state index is 6.30. The normalized spacial score (nSPS) is 13.2. The van der Waals surface area contributed by atoms with Gasteiger partial charge in [-0.3, -0.25) is 0 Å². The van der Waals surface area contributed by atoms with Gasteiger partial charge in [-0.1, -0.05) is 32.0 Å². The highest BCUT2D eigenvalue weighted by atomic mass is 35.5. The number of hydrogen-bond donors (Lipinski definition) is 0. The number of alkyl halides is 1. The molecule has 1 unspecified atom stereocenters. The summed E-state index contributed by atoms with van der Waals surface area (Å²) in [5.41, 5.74) is 4.08. The van der Waals surface area contributed by atoms with E-state index in [9.17, 15) is 0 Å². The van der Waals surface area contributed by atoms with Crippen LogP contribution in [0.1, 0.15) is 37.0 Å². The summed E-state index contributed by atoms with van der Waals surface area (Å²) in [5.74, 6) is 0.680. The van der Waals surface area contributed by atoms with Gasteiger partial charge < -0.3 is 0 Å². The molecule has 1 aromatic rings. The zero-order chi connectivity index (χ0) is 11.4. The van der Waals surface area contributed by atoms with Crippen molar-refractivity contribution in [2.75, 3.05) is 0 Å². The van der Waals surface area contributed by atoms with Crippen molar-refractivity contribution >= 4 is 11.6 Å². The van der Waals surface area contributed by atoms with Gasteiger partial charge in [0.1, 0.15) is 0 Å². The minimum absolute atomic E-state index is 0.270. The Hall–Kier alpha value is -0.490. The van der Waals surface area contributed by atoms with Crippen molar-refractivity contribution in [2.24, 2.45) is 5.92 Å². The molecule has 0 N–H and O–H groups in total. The Morgan fingerprint density at radius 2 is 1.80 bits per heavy atom. The van der Waals surface area contributed by atoms with Crippen molar-refractivity contribution in [1.82, 2.24) is 0 Å². The van der Waals surface area contributed by atoms with Gasteiger partial charge in [0.05, 0.1) is 0 Å². The third-order valence-corrected chi connectivity index (χ3v) is 3.09. The van der Waals surface area contributed by atoms with E-state index in [1.54, 1.807) is 0 Å². The molecule has 0 bridgehead atoms. The molecule has 0 aliphatic heterocycles. The summed E-state index contributed by atoms with van der Waals surface area (Å²) in [5, 5.41) is 0.270. The number of aryl methyl sites for hydroxylation is 2. The summed E-state index contributed by atoms with van der Waals surface area (Å²) in [4.78, 5) is 0. The fourth-order valence-corrected chi connectivity index (χ4v) is 2.32. The predicted molar refractivity (Wildman–Crippen MR) is 68.7 cm³/mol. The van der Waals surface area contributed by atoms with Crippen LogP contribution in [0.25, 0.3) is 0 Å². The van der Waals surface area contributed by atoms with Crippen molar-refractivity contribution in [3.63, 3.8) is 0 Å².